The molecule has 0 saturated carbocycles. The van der Waals surface area contributed by atoms with Gasteiger partial charge in [-0.25, -0.2) is 0 Å². The number of phenols is 2. The number of phenolic OH excluding ortho intramolecular Hbond substituents is 2. The average molecular weight is 253 g/mol. The Morgan fingerprint density at radius 3 is 2.58 bits per heavy atom. The second kappa shape index (κ2) is 4.05. The highest BCUT2D eigenvalue weighted by molar-refractivity contribution is 5.98. The van der Waals surface area contributed by atoms with Crippen LogP contribution in [0.4, 0.5) is 0 Å². The van der Waals surface area contributed by atoms with Crippen molar-refractivity contribution in [1.29, 1.82) is 0 Å². The Morgan fingerprint density at radius 2 is 1.79 bits per heavy atom. The van der Waals surface area contributed by atoms with Crippen molar-refractivity contribution in [3.05, 3.63) is 47.7 Å². The van der Waals surface area contributed by atoms with Gasteiger partial charge in [0.1, 0.15) is 11.5 Å². The maximum atomic E-state index is 10.2. The summed E-state index contributed by atoms with van der Waals surface area (Å²) in [4.78, 5) is 3.18. The molecule has 0 fully saturated rings. The van der Waals surface area contributed by atoms with E-state index < -0.39 is 0 Å². The van der Waals surface area contributed by atoms with Crippen molar-refractivity contribution < 1.29 is 10.2 Å². The zero-order chi connectivity index (χ0) is 13.6. The van der Waals surface area contributed by atoms with E-state index in [1.165, 1.54) is 0 Å². The SMILES string of the molecule is Cc1cc(O)c(-c2c[nH]c3ccccc23)c(C)c1O. The number of para-hydroxylation sites is 1. The van der Waals surface area contributed by atoms with Gasteiger partial charge in [-0.05, 0) is 31.5 Å². The molecular weight excluding hydrogens is 238 g/mol. The maximum absolute atomic E-state index is 10.2. The molecule has 1 heterocycles. The molecule has 96 valence electrons. The fourth-order valence-electron chi connectivity index (χ4n) is 2.57. The molecular formula is C16H15NO2. The predicted octanol–water partition coefficient (Wildman–Crippen LogP) is 3.86. The van der Waals surface area contributed by atoms with Gasteiger partial charge in [-0.15, -0.1) is 0 Å². The van der Waals surface area contributed by atoms with Crippen molar-refractivity contribution in [1.82, 2.24) is 4.98 Å². The number of hydrogen-bond acceptors (Lipinski definition) is 2. The van der Waals surface area contributed by atoms with Crippen molar-refractivity contribution in [3.8, 4) is 22.6 Å². The summed E-state index contributed by atoms with van der Waals surface area (Å²) < 4.78 is 0. The summed E-state index contributed by atoms with van der Waals surface area (Å²) in [5.74, 6) is 0.427. The van der Waals surface area contributed by atoms with E-state index in [-0.39, 0.29) is 11.5 Å². The molecule has 0 saturated heterocycles. The van der Waals surface area contributed by atoms with Crippen LogP contribution in [0.25, 0.3) is 22.0 Å². The van der Waals surface area contributed by atoms with Gasteiger partial charge in [0, 0.05) is 33.8 Å². The third kappa shape index (κ3) is 1.66. The highest BCUT2D eigenvalue weighted by Crippen LogP contribution is 2.41. The van der Waals surface area contributed by atoms with Gasteiger partial charge in [0.2, 0.25) is 0 Å². The van der Waals surface area contributed by atoms with E-state index >= 15 is 0 Å². The first kappa shape index (κ1) is 11.7. The van der Waals surface area contributed by atoms with E-state index in [4.69, 9.17) is 0 Å². The van der Waals surface area contributed by atoms with Crippen LogP contribution in [0.3, 0.4) is 0 Å². The lowest BCUT2D eigenvalue weighted by Gasteiger charge is -2.12. The molecule has 3 heteroatoms. The van der Waals surface area contributed by atoms with Gasteiger partial charge in [-0.3, -0.25) is 0 Å². The Labute approximate surface area is 111 Å². The Kier molecular flexibility index (Phi) is 2.49. The Morgan fingerprint density at radius 1 is 1.05 bits per heavy atom. The summed E-state index contributed by atoms with van der Waals surface area (Å²) in [5, 5.41) is 21.3. The molecule has 0 amide bonds. The zero-order valence-electron chi connectivity index (χ0n) is 10.9. The smallest absolute Gasteiger partial charge is 0.124 e. The van der Waals surface area contributed by atoms with Crippen LogP contribution in [-0.4, -0.2) is 15.2 Å². The molecule has 1 aromatic heterocycles. The molecule has 0 aliphatic carbocycles. The molecule has 3 aromatic rings. The largest absolute Gasteiger partial charge is 0.507 e. The lowest BCUT2D eigenvalue weighted by atomic mass is 9.96. The van der Waals surface area contributed by atoms with Crippen LogP contribution >= 0.6 is 0 Å². The Hall–Kier alpha value is -2.42. The number of nitrogens with one attached hydrogen (secondary N) is 1. The van der Waals surface area contributed by atoms with E-state index in [0.29, 0.717) is 16.7 Å². The lowest BCUT2D eigenvalue weighted by Crippen LogP contribution is -1.87. The van der Waals surface area contributed by atoms with Gasteiger partial charge in [-0.2, -0.15) is 0 Å². The normalized spacial score (nSPS) is 11.1. The van der Waals surface area contributed by atoms with Crippen molar-refractivity contribution >= 4 is 10.9 Å². The van der Waals surface area contributed by atoms with Crippen LogP contribution in [0.15, 0.2) is 36.5 Å². The molecule has 0 aliphatic rings. The summed E-state index contributed by atoms with van der Waals surface area (Å²) in [6.45, 7) is 3.60. The first-order valence-corrected chi connectivity index (χ1v) is 6.18. The third-order valence-electron chi connectivity index (χ3n) is 3.57. The third-order valence-corrected chi connectivity index (χ3v) is 3.57. The minimum Gasteiger partial charge on any atom is -0.507 e. The molecule has 3 N–H and O–H groups in total. The average Bonchev–Trinajstić information content (AvgIpc) is 2.81. The van der Waals surface area contributed by atoms with Gasteiger partial charge < -0.3 is 15.2 Å². The quantitative estimate of drug-likeness (QED) is 0.577. The monoisotopic (exact) mass is 253 g/mol. The van der Waals surface area contributed by atoms with Crippen LogP contribution in [-0.2, 0) is 0 Å². The first-order valence-electron chi connectivity index (χ1n) is 6.18. The predicted molar refractivity (Wildman–Crippen MR) is 76.5 cm³/mol. The topological polar surface area (TPSA) is 56.2 Å². The fraction of sp³-hybridized carbons (Fsp3) is 0.125. The summed E-state index contributed by atoms with van der Waals surface area (Å²) in [7, 11) is 0. The number of aryl methyl sites for hydroxylation is 1. The van der Waals surface area contributed by atoms with Gasteiger partial charge in [-0.1, -0.05) is 18.2 Å². The summed E-state index contributed by atoms with van der Waals surface area (Å²) in [6, 6.07) is 9.50. The van der Waals surface area contributed by atoms with Crippen molar-refractivity contribution in [2.75, 3.05) is 0 Å². The standard InChI is InChI=1S/C16H15NO2/c1-9-7-14(18)15(10(2)16(9)19)12-8-17-13-6-4-3-5-11(12)13/h3-8,17-19H,1-2H3. The van der Waals surface area contributed by atoms with Crippen molar-refractivity contribution in [3.63, 3.8) is 0 Å². The molecule has 0 radical (unpaired) electrons. The summed E-state index contributed by atoms with van der Waals surface area (Å²) in [5.41, 5.74) is 3.97. The van der Waals surface area contributed by atoms with Gasteiger partial charge in [0.15, 0.2) is 0 Å². The first-order chi connectivity index (χ1) is 9.09. The lowest BCUT2D eigenvalue weighted by molar-refractivity contribution is 0.454. The zero-order valence-corrected chi connectivity index (χ0v) is 10.9. The number of aromatic hydroxyl groups is 2. The maximum Gasteiger partial charge on any atom is 0.124 e. The molecule has 3 nitrogen and oxygen atoms in total. The van der Waals surface area contributed by atoms with Gasteiger partial charge in [0.05, 0.1) is 0 Å². The van der Waals surface area contributed by atoms with E-state index in [9.17, 15) is 10.2 Å². The van der Waals surface area contributed by atoms with E-state index in [0.717, 1.165) is 16.5 Å². The Balaban J connectivity index is 2.36. The molecule has 3 rings (SSSR count). The number of fused-ring (bicyclic) bond motifs is 1. The molecule has 19 heavy (non-hydrogen) atoms. The van der Waals surface area contributed by atoms with E-state index in [1.54, 1.807) is 13.0 Å². The number of benzene rings is 2. The van der Waals surface area contributed by atoms with Crippen LogP contribution in [0.1, 0.15) is 11.1 Å². The van der Waals surface area contributed by atoms with Gasteiger partial charge >= 0.3 is 0 Å². The van der Waals surface area contributed by atoms with E-state index in [2.05, 4.69) is 4.98 Å². The molecule has 0 bridgehead atoms. The molecule has 0 aliphatic heterocycles. The molecule has 0 unspecified atom stereocenters. The number of hydrogen-bond donors (Lipinski definition) is 3. The van der Waals surface area contributed by atoms with Crippen LogP contribution in [0.2, 0.25) is 0 Å². The number of aromatic amines is 1. The molecule has 0 spiro atoms. The number of aromatic nitrogens is 1. The van der Waals surface area contributed by atoms with Crippen LogP contribution < -0.4 is 0 Å². The minimum absolute atomic E-state index is 0.192. The Bertz CT molecular complexity index is 772. The number of rotatable bonds is 1. The highest BCUT2D eigenvalue weighted by Gasteiger charge is 2.16. The fourth-order valence-corrected chi connectivity index (χ4v) is 2.57. The number of H-pyrrole nitrogens is 1. The van der Waals surface area contributed by atoms with Crippen LogP contribution in [0.5, 0.6) is 11.5 Å². The minimum atomic E-state index is 0.192. The second-order valence-corrected chi connectivity index (χ2v) is 4.81. The highest BCUT2D eigenvalue weighted by atomic mass is 16.3. The van der Waals surface area contributed by atoms with Crippen molar-refractivity contribution in [2.24, 2.45) is 0 Å². The van der Waals surface area contributed by atoms with E-state index in [1.807, 2.05) is 37.4 Å². The summed E-state index contributed by atoms with van der Waals surface area (Å²) in [6.07, 6.45) is 1.86. The second-order valence-electron chi connectivity index (χ2n) is 4.81. The van der Waals surface area contributed by atoms with Crippen molar-refractivity contribution in [2.45, 2.75) is 13.8 Å². The molecule has 0 atom stereocenters. The van der Waals surface area contributed by atoms with Crippen LogP contribution in [0, 0.1) is 13.8 Å². The molecule has 2 aromatic carbocycles. The summed E-state index contributed by atoms with van der Waals surface area (Å²) >= 11 is 0. The van der Waals surface area contributed by atoms with Gasteiger partial charge in [0.25, 0.3) is 0 Å².